The fraction of sp³-hybridized carbons (Fsp3) is 0.500. The Morgan fingerprint density at radius 2 is 2.41 bits per heavy atom. The summed E-state index contributed by atoms with van der Waals surface area (Å²) in [6.45, 7) is 2.12. The summed E-state index contributed by atoms with van der Waals surface area (Å²) < 4.78 is 5.76. The summed E-state index contributed by atoms with van der Waals surface area (Å²) in [5.41, 5.74) is 4.68. The Kier molecular flexibility index (Phi) is 3.82. The van der Waals surface area contributed by atoms with E-state index in [0.29, 0.717) is 0 Å². The lowest BCUT2D eigenvalue weighted by Crippen LogP contribution is -2.29. The van der Waals surface area contributed by atoms with Gasteiger partial charge in [0, 0.05) is 13.2 Å². The molecule has 1 unspecified atom stereocenters. The second-order valence-corrected chi connectivity index (χ2v) is 4.63. The average Bonchev–Trinajstić information content (AvgIpc) is 2.91. The molecule has 0 aromatic carbocycles. The van der Waals surface area contributed by atoms with E-state index in [-0.39, 0.29) is 6.04 Å². The Hall–Kier alpha value is -1.31. The third-order valence-electron chi connectivity index (χ3n) is 2.53. The predicted octanol–water partition coefficient (Wildman–Crippen LogP) is 0.777. The Morgan fingerprint density at radius 1 is 1.59 bits per heavy atom. The Labute approximate surface area is 104 Å². The molecule has 17 heavy (non-hydrogen) atoms. The van der Waals surface area contributed by atoms with Crippen molar-refractivity contribution in [1.82, 2.24) is 24.8 Å². The first kappa shape index (κ1) is 12.2. The van der Waals surface area contributed by atoms with Crippen molar-refractivity contribution in [2.24, 2.45) is 12.9 Å². The van der Waals surface area contributed by atoms with Crippen molar-refractivity contribution in [3.8, 4) is 0 Å². The molecule has 0 saturated heterocycles. The molecule has 0 fully saturated rings. The molecular weight excluding hydrogens is 236 g/mol. The van der Waals surface area contributed by atoms with Crippen LogP contribution in [0.5, 0.6) is 0 Å². The molecule has 2 aromatic rings. The molecule has 2 heterocycles. The summed E-state index contributed by atoms with van der Waals surface area (Å²) in [6, 6.07) is 1.82. The lowest BCUT2D eigenvalue weighted by atomic mass is 10.1. The highest BCUT2D eigenvalue weighted by molar-refractivity contribution is 7.05. The molecule has 0 radical (unpaired) electrons. The van der Waals surface area contributed by atoms with E-state index in [1.807, 2.05) is 19.3 Å². The molecule has 1 atom stereocenters. The highest BCUT2D eigenvalue weighted by Gasteiger charge is 2.21. The van der Waals surface area contributed by atoms with Gasteiger partial charge in [0.2, 0.25) is 0 Å². The van der Waals surface area contributed by atoms with Gasteiger partial charge in [-0.05, 0) is 24.0 Å². The summed E-state index contributed by atoms with van der Waals surface area (Å²) in [5, 5.41) is 8.51. The normalized spacial score (nSPS) is 12.9. The number of aryl methyl sites for hydroxylation is 2. The zero-order valence-electron chi connectivity index (χ0n) is 9.92. The maximum Gasteiger partial charge on any atom is 0.103 e. The van der Waals surface area contributed by atoms with Crippen molar-refractivity contribution in [3.63, 3.8) is 0 Å². The molecule has 3 N–H and O–H groups in total. The minimum Gasteiger partial charge on any atom is -0.275 e. The van der Waals surface area contributed by atoms with E-state index in [9.17, 15) is 0 Å². The zero-order valence-corrected chi connectivity index (χ0v) is 10.7. The van der Waals surface area contributed by atoms with Gasteiger partial charge >= 0.3 is 0 Å². The fourth-order valence-corrected chi connectivity index (χ4v) is 2.50. The van der Waals surface area contributed by atoms with Gasteiger partial charge in [-0.25, -0.2) is 5.43 Å². The van der Waals surface area contributed by atoms with Crippen LogP contribution in [0.2, 0.25) is 0 Å². The van der Waals surface area contributed by atoms with Crippen LogP contribution in [0, 0.1) is 0 Å². The largest absolute Gasteiger partial charge is 0.275 e. The molecule has 0 bridgehead atoms. The molecular formula is C10H16N6S. The van der Waals surface area contributed by atoms with Crippen molar-refractivity contribution >= 4 is 11.5 Å². The average molecular weight is 252 g/mol. The van der Waals surface area contributed by atoms with Gasteiger partial charge in [0.1, 0.15) is 6.04 Å². The fourth-order valence-electron chi connectivity index (χ4n) is 1.73. The van der Waals surface area contributed by atoms with Crippen molar-refractivity contribution in [2.45, 2.75) is 25.8 Å². The van der Waals surface area contributed by atoms with Gasteiger partial charge in [-0.15, -0.1) is 5.10 Å². The summed E-state index contributed by atoms with van der Waals surface area (Å²) in [4.78, 5) is 1.05. The summed E-state index contributed by atoms with van der Waals surface area (Å²) in [5.74, 6) is 5.62. The topological polar surface area (TPSA) is 81.6 Å². The van der Waals surface area contributed by atoms with E-state index in [0.717, 1.165) is 29.1 Å². The molecule has 7 heteroatoms. The van der Waals surface area contributed by atoms with Crippen LogP contribution in [-0.4, -0.2) is 19.4 Å². The van der Waals surface area contributed by atoms with E-state index in [1.54, 1.807) is 4.68 Å². The van der Waals surface area contributed by atoms with Gasteiger partial charge in [0.25, 0.3) is 0 Å². The molecule has 0 aliphatic rings. The van der Waals surface area contributed by atoms with E-state index < -0.39 is 0 Å². The van der Waals surface area contributed by atoms with Gasteiger partial charge in [-0.1, -0.05) is 17.8 Å². The highest BCUT2D eigenvalue weighted by atomic mass is 32.1. The van der Waals surface area contributed by atoms with Crippen LogP contribution < -0.4 is 11.3 Å². The van der Waals surface area contributed by atoms with Crippen LogP contribution in [0.3, 0.4) is 0 Å². The molecule has 2 aromatic heterocycles. The zero-order chi connectivity index (χ0) is 12.3. The summed E-state index contributed by atoms with van der Waals surface area (Å²) in [6.07, 6.45) is 3.85. The Morgan fingerprint density at radius 3 is 3.00 bits per heavy atom. The Bertz CT molecular complexity index is 477. The van der Waals surface area contributed by atoms with Crippen molar-refractivity contribution in [3.05, 3.63) is 28.5 Å². The standard InChI is InChI=1S/C10H16N6S/c1-3-4-8-10(17-15-13-8)9(12-11)7-5-6-16(2)14-7/h5-6,9,12H,3-4,11H2,1-2H3. The van der Waals surface area contributed by atoms with E-state index in [2.05, 4.69) is 27.0 Å². The van der Waals surface area contributed by atoms with Crippen molar-refractivity contribution in [1.29, 1.82) is 0 Å². The third-order valence-corrected chi connectivity index (χ3v) is 3.36. The summed E-state index contributed by atoms with van der Waals surface area (Å²) >= 11 is 1.37. The van der Waals surface area contributed by atoms with Crippen LogP contribution in [-0.2, 0) is 13.5 Å². The first-order valence-electron chi connectivity index (χ1n) is 5.53. The van der Waals surface area contributed by atoms with Gasteiger partial charge in [0.05, 0.1) is 16.3 Å². The SMILES string of the molecule is CCCc1nnsc1C(NN)c1ccn(C)n1. The smallest absolute Gasteiger partial charge is 0.103 e. The number of rotatable bonds is 5. The number of hydrogen-bond donors (Lipinski definition) is 2. The first-order valence-corrected chi connectivity index (χ1v) is 6.30. The first-order chi connectivity index (χ1) is 8.26. The predicted molar refractivity (Wildman–Crippen MR) is 66.3 cm³/mol. The second kappa shape index (κ2) is 5.35. The van der Waals surface area contributed by atoms with Crippen LogP contribution in [0.4, 0.5) is 0 Å². The minimum absolute atomic E-state index is 0.127. The molecule has 0 aliphatic heterocycles. The number of nitrogens with one attached hydrogen (secondary N) is 1. The van der Waals surface area contributed by atoms with E-state index in [4.69, 9.17) is 5.84 Å². The third kappa shape index (κ3) is 2.51. The van der Waals surface area contributed by atoms with Crippen LogP contribution >= 0.6 is 11.5 Å². The monoisotopic (exact) mass is 252 g/mol. The highest BCUT2D eigenvalue weighted by Crippen LogP contribution is 2.25. The quantitative estimate of drug-likeness (QED) is 0.607. The van der Waals surface area contributed by atoms with Gasteiger partial charge in [0.15, 0.2) is 0 Å². The van der Waals surface area contributed by atoms with Crippen molar-refractivity contribution in [2.75, 3.05) is 0 Å². The van der Waals surface area contributed by atoms with Crippen molar-refractivity contribution < 1.29 is 0 Å². The number of nitrogens with zero attached hydrogens (tertiary/aromatic N) is 4. The molecule has 0 spiro atoms. The second-order valence-electron chi connectivity index (χ2n) is 3.85. The van der Waals surface area contributed by atoms with Crippen LogP contribution in [0.1, 0.15) is 35.7 Å². The van der Waals surface area contributed by atoms with Gasteiger partial charge in [-0.2, -0.15) is 5.10 Å². The number of aromatic nitrogens is 4. The number of hydrazine groups is 1. The minimum atomic E-state index is -0.127. The lowest BCUT2D eigenvalue weighted by molar-refractivity contribution is 0.604. The maximum atomic E-state index is 5.62. The molecule has 2 rings (SSSR count). The molecule has 0 amide bonds. The summed E-state index contributed by atoms with van der Waals surface area (Å²) in [7, 11) is 1.88. The molecule has 6 nitrogen and oxygen atoms in total. The number of nitrogens with two attached hydrogens (primary N) is 1. The Balaban J connectivity index is 2.31. The van der Waals surface area contributed by atoms with Gasteiger partial charge < -0.3 is 0 Å². The van der Waals surface area contributed by atoms with Crippen LogP contribution in [0.15, 0.2) is 12.3 Å². The molecule has 92 valence electrons. The molecule has 0 aliphatic carbocycles. The lowest BCUT2D eigenvalue weighted by Gasteiger charge is -2.12. The van der Waals surface area contributed by atoms with Crippen LogP contribution in [0.25, 0.3) is 0 Å². The van der Waals surface area contributed by atoms with E-state index in [1.165, 1.54) is 11.5 Å². The van der Waals surface area contributed by atoms with E-state index >= 15 is 0 Å². The number of hydrogen-bond acceptors (Lipinski definition) is 6. The molecule has 0 saturated carbocycles. The maximum absolute atomic E-state index is 5.62. The van der Waals surface area contributed by atoms with Gasteiger partial charge in [-0.3, -0.25) is 10.5 Å².